The highest BCUT2D eigenvalue weighted by Crippen LogP contribution is 2.28. The van der Waals surface area contributed by atoms with Gasteiger partial charge in [0.05, 0.1) is 26.5 Å². The molecule has 7 nitrogen and oxygen atoms in total. The van der Waals surface area contributed by atoms with Crippen molar-refractivity contribution >= 4 is 29.0 Å². The van der Waals surface area contributed by atoms with Crippen LogP contribution in [0.4, 0.5) is 11.6 Å². The van der Waals surface area contributed by atoms with Crippen molar-refractivity contribution in [3.8, 4) is 11.5 Å². The minimum atomic E-state index is 0.356. The largest absolute Gasteiger partial charge is 0.497 e. The number of anilines is 2. The third-order valence-corrected chi connectivity index (χ3v) is 4.05. The molecule has 1 heterocycles. The number of methoxy groups -OCH3 is 2. The lowest BCUT2D eigenvalue weighted by Crippen LogP contribution is -2.20. The molecule has 0 aliphatic carbocycles. The summed E-state index contributed by atoms with van der Waals surface area (Å²) in [4.78, 5) is 4.25. The van der Waals surface area contributed by atoms with E-state index in [1.54, 1.807) is 37.4 Å². The second-order valence-corrected chi connectivity index (χ2v) is 6.31. The Morgan fingerprint density at radius 3 is 2.70 bits per heavy atom. The Bertz CT molecular complexity index is 941. The molecule has 0 saturated carbocycles. The summed E-state index contributed by atoms with van der Waals surface area (Å²) >= 11 is 5.35. The van der Waals surface area contributed by atoms with E-state index in [1.165, 1.54) is 5.56 Å². The third-order valence-electron chi connectivity index (χ3n) is 3.84. The van der Waals surface area contributed by atoms with E-state index in [-0.39, 0.29) is 0 Å². The van der Waals surface area contributed by atoms with Gasteiger partial charge >= 0.3 is 0 Å². The molecule has 0 aliphatic rings. The van der Waals surface area contributed by atoms with Crippen LogP contribution in [-0.4, -0.2) is 34.1 Å². The van der Waals surface area contributed by atoms with Gasteiger partial charge in [-0.3, -0.25) is 5.32 Å². The maximum Gasteiger partial charge on any atom is 0.248 e. The summed E-state index contributed by atoms with van der Waals surface area (Å²) in [7, 11) is 3.20. The molecule has 0 radical (unpaired) electrons. The van der Waals surface area contributed by atoms with E-state index in [4.69, 9.17) is 21.7 Å². The molecule has 0 saturated heterocycles. The van der Waals surface area contributed by atoms with Crippen LogP contribution in [0.25, 0.3) is 0 Å². The lowest BCUT2D eigenvalue weighted by atomic mass is 10.1. The smallest absolute Gasteiger partial charge is 0.248 e. The van der Waals surface area contributed by atoms with Gasteiger partial charge in [-0.2, -0.15) is 0 Å². The van der Waals surface area contributed by atoms with Crippen molar-refractivity contribution in [2.24, 2.45) is 0 Å². The monoisotopic (exact) mass is 383 g/mol. The average molecular weight is 383 g/mol. The summed E-state index contributed by atoms with van der Waals surface area (Å²) in [5.74, 6) is 1.77. The highest BCUT2D eigenvalue weighted by molar-refractivity contribution is 7.80. The van der Waals surface area contributed by atoms with Crippen molar-refractivity contribution < 1.29 is 9.47 Å². The Morgan fingerprint density at radius 2 is 1.96 bits per heavy atom. The molecule has 27 heavy (non-hydrogen) atoms. The van der Waals surface area contributed by atoms with Crippen LogP contribution in [0.1, 0.15) is 11.1 Å². The van der Waals surface area contributed by atoms with Crippen molar-refractivity contribution in [2.75, 3.05) is 24.9 Å². The van der Waals surface area contributed by atoms with E-state index in [0.29, 0.717) is 34.8 Å². The fourth-order valence-electron chi connectivity index (χ4n) is 2.59. The van der Waals surface area contributed by atoms with Crippen molar-refractivity contribution in [1.82, 2.24) is 14.8 Å². The van der Waals surface area contributed by atoms with Crippen LogP contribution >= 0.6 is 12.2 Å². The maximum absolute atomic E-state index is 5.35. The van der Waals surface area contributed by atoms with Crippen LogP contribution in [0.3, 0.4) is 0 Å². The topological polar surface area (TPSA) is 73.2 Å². The van der Waals surface area contributed by atoms with Crippen molar-refractivity contribution in [3.63, 3.8) is 0 Å². The molecule has 3 aromatic rings. The molecule has 3 rings (SSSR count). The standard InChI is InChI=1S/C19H21N5O2S/c1-13-5-4-6-14(9-13)11-24-12-20-18(23-24)22-19(27)21-16-10-15(25-2)7-8-17(16)26-3/h4-10,12H,11H2,1-3H3,(H2,21,22,23,27). The van der Waals surface area contributed by atoms with Gasteiger partial charge in [0, 0.05) is 6.07 Å². The number of aromatic nitrogens is 3. The number of ether oxygens (including phenoxy) is 2. The van der Waals surface area contributed by atoms with Crippen LogP contribution < -0.4 is 20.1 Å². The second-order valence-electron chi connectivity index (χ2n) is 5.90. The summed E-state index contributed by atoms with van der Waals surface area (Å²) in [6.45, 7) is 2.70. The van der Waals surface area contributed by atoms with Gasteiger partial charge in [-0.05, 0) is 36.8 Å². The Balaban J connectivity index is 1.64. The van der Waals surface area contributed by atoms with Crippen LogP contribution in [0.2, 0.25) is 0 Å². The first-order chi connectivity index (χ1) is 13.1. The molecule has 0 bridgehead atoms. The molecule has 2 aromatic carbocycles. The molecule has 0 fully saturated rings. The molecular formula is C19H21N5O2S. The minimum absolute atomic E-state index is 0.356. The molecule has 0 spiro atoms. The van der Waals surface area contributed by atoms with Gasteiger partial charge in [-0.25, -0.2) is 9.67 Å². The normalized spacial score (nSPS) is 10.3. The van der Waals surface area contributed by atoms with Gasteiger partial charge in [-0.15, -0.1) is 5.10 Å². The SMILES string of the molecule is COc1ccc(OC)c(NC(=S)Nc2ncn(Cc3cccc(C)c3)n2)c1. The summed E-state index contributed by atoms with van der Waals surface area (Å²) in [6.07, 6.45) is 1.67. The summed E-state index contributed by atoms with van der Waals surface area (Å²) in [6, 6.07) is 13.7. The quantitative estimate of drug-likeness (QED) is 0.632. The van der Waals surface area contributed by atoms with Crippen LogP contribution in [0.5, 0.6) is 11.5 Å². The van der Waals surface area contributed by atoms with Crippen LogP contribution in [0.15, 0.2) is 48.8 Å². The van der Waals surface area contributed by atoms with Gasteiger partial charge < -0.3 is 14.8 Å². The first-order valence-electron chi connectivity index (χ1n) is 8.32. The highest BCUT2D eigenvalue weighted by Gasteiger charge is 2.09. The van der Waals surface area contributed by atoms with Gasteiger partial charge in [0.25, 0.3) is 0 Å². The zero-order chi connectivity index (χ0) is 19.2. The van der Waals surface area contributed by atoms with Crippen LogP contribution in [0, 0.1) is 6.92 Å². The first kappa shape index (κ1) is 18.7. The predicted octanol–water partition coefficient (Wildman–Crippen LogP) is 3.46. The number of thiocarbonyl (C=S) groups is 1. The average Bonchev–Trinajstić information content (AvgIpc) is 3.08. The second kappa shape index (κ2) is 8.50. The number of aryl methyl sites for hydroxylation is 1. The molecule has 0 amide bonds. The number of rotatable bonds is 6. The molecule has 0 atom stereocenters. The minimum Gasteiger partial charge on any atom is -0.497 e. The molecule has 0 aliphatic heterocycles. The van der Waals surface area contributed by atoms with E-state index in [9.17, 15) is 0 Å². The molecule has 2 N–H and O–H groups in total. The van der Waals surface area contributed by atoms with Crippen molar-refractivity contribution in [3.05, 3.63) is 59.9 Å². The van der Waals surface area contributed by atoms with E-state index >= 15 is 0 Å². The van der Waals surface area contributed by atoms with Gasteiger partial charge in [-0.1, -0.05) is 29.8 Å². The fraction of sp³-hybridized carbons (Fsp3) is 0.211. The molecule has 140 valence electrons. The van der Waals surface area contributed by atoms with Gasteiger partial charge in [0.1, 0.15) is 17.8 Å². The Morgan fingerprint density at radius 1 is 1.11 bits per heavy atom. The van der Waals surface area contributed by atoms with Gasteiger partial charge in [0.15, 0.2) is 5.11 Å². The summed E-state index contributed by atoms with van der Waals surface area (Å²) < 4.78 is 12.3. The number of benzene rings is 2. The lowest BCUT2D eigenvalue weighted by Gasteiger charge is -2.13. The molecular weight excluding hydrogens is 362 g/mol. The lowest BCUT2D eigenvalue weighted by molar-refractivity contribution is 0.405. The predicted molar refractivity (Wildman–Crippen MR) is 110 cm³/mol. The van der Waals surface area contributed by atoms with Crippen molar-refractivity contribution in [2.45, 2.75) is 13.5 Å². The van der Waals surface area contributed by atoms with Crippen molar-refractivity contribution in [1.29, 1.82) is 0 Å². The number of nitrogens with zero attached hydrogens (tertiary/aromatic N) is 3. The third kappa shape index (κ3) is 4.95. The van der Waals surface area contributed by atoms with E-state index in [1.807, 2.05) is 12.1 Å². The van der Waals surface area contributed by atoms with E-state index in [2.05, 4.69) is 45.8 Å². The van der Waals surface area contributed by atoms with Crippen LogP contribution in [-0.2, 0) is 6.54 Å². The van der Waals surface area contributed by atoms with E-state index < -0.39 is 0 Å². The summed E-state index contributed by atoms with van der Waals surface area (Å²) in [5, 5.41) is 10.8. The number of nitrogens with one attached hydrogen (secondary N) is 2. The zero-order valence-electron chi connectivity index (χ0n) is 15.4. The molecule has 0 unspecified atom stereocenters. The fourth-order valence-corrected chi connectivity index (χ4v) is 2.79. The number of hydrogen-bond donors (Lipinski definition) is 2. The number of hydrogen-bond acceptors (Lipinski definition) is 5. The Kier molecular flexibility index (Phi) is 5.87. The first-order valence-corrected chi connectivity index (χ1v) is 8.73. The van der Waals surface area contributed by atoms with Gasteiger partial charge in [0.2, 0.25) is 5.95 Å². The summed E-state index contributed by atoms with van der Waals surface area (Å²) in [5.41, 5.74) is 3.06. The maximum atomic E-state index is 5.35. The molecule has 1 aromatic heterocycles. The Labute approximate surface area is 163 Å². The Hall–Kier alpha value is -3.13. The van der Waals surface area contributed by atoms with E-state index in [0.717, 1.165) is 5.56 Å². The molecule has 8 heteroatoms. The highest BCUT2D eigenvalue weighted by atomic mass is 32.1. The zero-order valence-corrected chi connectivity index (χ0v) is 16.2.